The maximum absolute atomic E-state index is 8.33. The second kappa shape index (κ2) is 2.96. The fraction of sp³-hybridized carbons (Fsp3) is 0. The number of hydrogen-bond donors (Lipinski definition) is 1. The van der Waals surface area contributed by atoms with Crippen molar-refractivity contribution in [2.75, 3.05) is 0 Å². The Morgan fingerprint density at radius 2 is 2.46 bits per heavy atom. The molecule has 0 aliphatic rings. The second-order valence-electron chi connectivity index (χ2n) is 2.40. The van der Waals surface area contributed by atoms with E-state index in [1.807, 2.05) is 0 Å². The molecule has 2 aromatic heterocycles. The Hall–Kier alpha value is -1.73. The highest BCUT2D eigenvalue weighted by Crippen LogP contribution is 2.25. The number of fused-ring (bicyclic) bond motifs is 1. The molecule has 5 heteroatoms. The lowest BCUT2D eigenvalue weighted by molar-refractivity contribution is 0.513. The number of aromatic nitrogens is 2. The highest BCUT2D eigenvalue weighted by molar-refractivity contribution is 6.31. The van der Waals surface area contributed by atoms with Crippen LogP contribution in [-0.2, 0) is 0 Å². The van der Waals surface area contributed by atoms with Crippen molar-refractivity contribution >= 4 is 22.6 Å². The number of nitrogens with zero attached hydrogens (tertiary/aromatic N) is 2. The standard InChI is InChI=1S/C8H4ClN3O/c9-5-1-6-7(13-4-10)3-12-8(6)11-2-5/h1-3H,(H,11,12). The van der Waals surface area contributed by atoms with Gasteiger partial charge in [0.15, 0.2) is 5.75 Å². The lowest BCUT2D eigenvalue weighted by Crippen LogP contribution is -1.79. The summed E-state index contributed by atoms with van der Waals surface area (Å²) in [5, 5.41) is 9.54. The molecule has 2 heterocycles. The molecule has 2 aromatic rings. The van der Waals surface area contributed by atoms with E-state index in [4.69, 9.17) is 16.9 Å². The fourth-order valence-electron chi connectivity index (χ4n) is 1.09. The number of hydrogen-bond acceptors (Lipinski definition) is 3. The van der Waals surface area contributed by atoms with Gasteiger partial charge in [-0.1, -0.05) is 11.6 Å². The summed E-state index contributed by atoms with van der Waals surface area (Å²) in [5.74, 6) is 0.438. The lowest BCUT2D eigenvalue weighted by Gasteiger charge is -1.92. The minimum atomic E-state index is 0.438. The van der Waals surface area contributed by atoms with Gasteiger partial charge in [0, 0.05) is 12.4 Å². The zero-order valence-electron chi connectivity index (χ0n) is 6.41. The summed E-state index contributed by atoms with van der Waals surface area (Å²) in [5.41, 5.74) is 0.648. The molecule has 2 rings (SSSR count). The first-order valence-corrected chi connectivity index (χ1v) is 3.87. The van der Waals surface area contributed by atoms with Gasteiger partial charge in [-0.2, -0.15) is 0 Å². The summed E-state index contributed by atoms with van der Waals surface area (Å²) in [6, 6.07) is 1.69. The number of nitriles is 1. The molecule has 64 valence electrons. The van der Waals surface area contributed by atoms with Crippen LogP contribution in [-0.4, -0.2) is 9.97 Å². The van der Waals surface area contributed by atoms with Gasteiger partial charge in [0.2, 0.25) is 0 Å². The van der Waals surface area contributed by atoms with Crippen LogP contribution >= 0.6 is 11.6 Å². The maximum atomic E-state index is 8.33. The minimum absolute atomic E-state index is 0.438. The summed E-state index contributed by atoms with van der Waals surface area (Å²) in [4.78, 5) is 6.86. The molecular weight excluding hydrogens is 190 g/mol. The van der Waals surface area contributed by atoms with Crippen molar-refractivity contribution in [1.82, 2.24) is 9.97 Å². The first-order valence-electron chi connectivity index (χ1n) is 3.50. The SMILES string of the molecule is N#COc1c[nH]c2ncc(Cl)cc12. The number of H-pyrrole nitrogens is 1. The molecule has 0 unspecified atom stereocenters. The Balaban J connectivity index is 2.66. The van der Waals surface area contributed by atoms with Crippen molar-refractivity contribution < 1.29 is 4.74 Å². The molecule has 0 atom stereocenters. The van der Waals surface area contributed by atoms with Crippen molar-refractivity contribution in [2.45, 2.75) is 0 Å². The van der Waals surface area contributed by atoms with Gasteiger partial charge in [-0.3, -0.25) is 0 Å². The zero-order chi connectivity index (χ0) is 9.26. The van der Waals surface area contributed by atoms with Gasteiger partial charge in [0.1, 0.15) is 5.65 Å². The lowest BCUT2D eigenvalue weighted by atomic mass is 10.3. The summed E-state index contributed by atoms with van der Waals surface area (Å²) >= 11 is 5.73. The maximum Gasteiger partial charge on any atom is 0.292 e. The Morgan fingerprint density at radius 1 is 1.62 bits per heavy atom. The average Bonchev–Trinajstić information content (AvgIpc) is 2.49. The van der Waals surface area contributed by atoms with Crippen LogP contribution in [0.25, 0.3) is 11.0 Å². The van der Waals surface area contributed by atoms with Crippen molar-refractivity contribution in [3.8, 4) is 12.0 Å². The highest BCUT2D eigenvalue weighted by atomic mass is 35.5. The van der Waals surface area contributed by atoms with E-state index < -0.39 is 0 Å². The molecule has 13 heavy (non-hydrogen) atoms. The quantitative estimate of drug-likeness (QED) is 0.706. The Kier molecular flexibility index (Phi) is 1.80. The summed E-state index contributed by atoms with van der Waals surface area (Å²) < 4.78 is 4.69. The van der Waals surface area contributed by atoms with Gasteiger partial charge in [-0.25, -0.2) is 4.98 Å². The summed E-state index contributed by atoms with van der Waals surface area (Å²) in [7, 11) is 0. The predicted octanol–water partition coefficient (Wildman–Crippen LogP) is 2.08. The van der Waals surface area contributed by atoms with Crippen LogP contribution in [0, 0.1) is 11.5 Å². The fourth-order valence-corrected chi connectivity index (χ4v) is 1.25. The number of rotatable bonds is 1. The number of ether oxygens (including phenoxy) is 1. The van der Waals surface area contributed by atoms with Crippen LogP contribution in [0.3, 0.4) is 0 Å². The van der Waals surface area contributed by atoms with Crippen LogP contribution < -0.4 is 4.74 Å². The van der Waals surface area contributed by atoms with Gasteiger partial charge in [-0.05, 0) is 6.07 Å². The molecule has 0 aromatic carbocycles. The van der Waals surface area contributed by atoms with Gasteiger partial charge in [0.05, 0.1) is 10.4 Å². The molecule has 0 amide bonds. The first-order chi connectivity index (χ1) is 6.31. The molecule has 0 radical (unpaired) electrons. The third-order valence-electron chi connectivity index (χ3n) is 1.62. The predicted molar refractivity (Wildman–Crippen MR) is 47.3 cm³/mol. The van der Waals surface area contributed by atoms with Crippen molar-refractivity contribution in [2.24, 2.45) is 0 Å². The summed E-state index contributed by atoms with van der Waals surface area (Å²) in [6.07, 6.45) is 4.68. The van der Waals surface area contributed by atoms with E-state index in [9.17, 15) is 0 Å². The van der Waals surface area contributed by atoms with E-state index in [0.29, 0.717) is 21.8 Å². The summed E-state index contributed by atoms with van der Waals surface area (Å²) in [6.45, 7) is 0. The number of nitrogens with one attached hydrogen (secondary N) is 1. The van der Waals surface area contributed by atoms with Crippen molar-refractivity contribution in [3.63, 3.8) is 0 Å². The van der Waals surface area contributed by atoms with E-state index in [1.165, 1.54) is 6.20 Å². The Bertz CT molecular complexity index is 486. The van der Waals surface area contributed by atoms with E-state index in [0.717, 1.165) is 0 Å². The molecule has 0 bridgehead atoms. The zero-order valence-corrected chi connectivity index (χ0v) is 7.17. The van der Waals surface area contributed by atoms with Crippen LogP contribution in [0.15, 0.2) is 18.5 Å². The average molecular weight is 194 g/mol. The molecule has 1 N–H and O–H groups in total. The van der Waals surface area contributed by atoms with E-state index in [1.54, 1.807) is 18.5 Å². The van der Waals surface area contributed by atoms with E-state index in [2.05, 4.69) is 14.7 Å². The molecule has 0 saturated carbocycles. The third-order valence-corrected chi connectivity index (χ3v) is 1.82. The minimum Gasteiger partial charge on any atom is -0.386 e. The number of halogens is 1. The molecule has 0 saturated heterocycles. The Labute approximate surface area is 78.7 Å². The van der Waals surface area contributed by atoms with Gasteiger partial charge in [-0.15, -0.1) is 5.26 Å². The van der Waals surface area contributed by atoms with Gasteiger partial charge in [0.25, 0.3) is 6.26 Å². The molecular formula is C8H4ClN3O. The van der Waals surface area contributed by atoms with Crippen LogP contribution in [0.1, 0.15) is 0 Å². The van der Waals surface area contributed by atoms with Crippen LogP contribution in [0.4, 0.5) is 0 Å². The van der Waals surface area contributed by atoms with Crippen LogP contribution in [0.2, 0.25) is 5.02 Å². The monoisotopic (exact) mass is 193 g/mol. The molecule has 0 aliphatic heterocycles. The highest BCUT2D eigenvalue weighted by Gasteiger charge is 2.05. The molecule has 0 spiro atoms. The Morgan fingerprint density at radius 3 is 3.23 bits per heavy atom. The normalized spacial score (nSPS) is 9.85. The molecule has 0 fully saturated rings. The van der Waals surface area contributed by atoms with Crippen molar-refractivity contribution in [3.05, 3.63) is 23.5 Å². The van der Waals surface area contributed by atoms with Crippen molar-refractivity contribution in [1.29, 1.82) is 5.26 Å². The van der Waals surface area contributed by atoms with Crippen LogP contribution in [0.5, 0.6) is 5.75 Å². The smallest absolute Gasteiger partial charge is 0.292 e. The van der Waals surface area contributed by atoms with Gasteiger partial charge < -0.3 is 9.72 Å². The number of aromatic amines is 1. The largest absolute Gasteiger partial charge is 0.386 e. The third kappa shape index (κ3) is 1.30. The van der Waals surface area contributed by atoms with Gasteiger partial charge >= 0.3 is 0 Å². The number of pyridine rings is 1. The first kappa shape index (κ1) is 7.90. The van der Waals surface area contributed by atoms with E-state index in [-0.39, 0.29) is 0 Å². The molecule has 0 aliphatic carbocycles. The topological polar surface area (TPSA) is 61.7 Å². The second-order valence-corrected chi connectivity index (χ2v) is 2.83. The van der Waals surface area contributed by atoms with E-state index >= 15 is 0 Å². The molecule has 4 nitrogen and oxygen atoms in total.